The van der Waals surface area contributed by atoms with Gasteiger partial charge in [0.05, 0.1) is 11.4 Å². The number of carbonyl (C=O) groups excluding carboxylic acids is 2. The van der Waals surface area contributed by atoms with Crippen molar-refractivity contribution in [2.75, 3.05) is 18.0 Å². The molecule has 0 atom stereocenters. The molecule has 5 rings (SSSR count). The molecule has 1 aliphatic rings. The van der Waals surface area contributed by atoms with Gasteiger partial charge >= 0.3 is 0 Å². The number of hydrogen-bond donors (Lipinski definition) is 0. The molecule has 0 unspecified atom stereocenters. The Labute approximate surface area is 248 Å². The molecule has 2 amide bonds. The molecular weight excluding hydrogens is 563 g/mol. The number of ether oxygens (including phenoxy) is 1. The Bertz CT molecular complexity index is 1610. The number of imide groups is 1. The predicted molar refractivity (Wildman–Crippen MR) is 166 cm³/mol. The molecule has 40 heavy (non-hydrogen) atoms. The smallest absolute Gasteiger partial charge is 0.293 e. The summed E-state index contributed by atoms with van der Waals surface area (Å²) < 4.78 is 6.25. The van der Waals surface area contributed by atoms with Gasteiger partial charge < -0.3 is 9.64 Å². The van der Waals surface area contributed by atoms with E-state index in [-0.39, 0.29) is 24.3 Å². The molecule has 4 aromatic rings. The number of anilines is 1. The first-order valence-electron chi connectivity index (χ1n) is 13.1. The number of carbonyl (C=O) groups is 2. The first-order chi connectivity index (χ1) is 19.4. The van der Waals surface area contributed by atoms with Crippen LogP contribution in [0.2, 0.25) is 10.0 Å². The number of benzene rings is 4. The number of nitrogens with zero attached hydrogens (tertiary/aromatic N) is 2. The molecule has 0 bridgehead atoms. The highest BCUT2D eigenvalue weighted by Crippen LogP contribution is 2.37. The predicted octanol–water partition coefficient (Wildman–Crippen LogP) is 8.81. The Balaban J connectivity index is 1.44. The van der Waals surface area contributed by atoms with Gasteiger partial charge in [0.1, 0.15) is 12.4 Å². The van der Waals surface area contributed by atoms with E-state index in [0.29, 0.717) is 26.3 Å². The highest BCUT2D eigenvalue weighted by atomic mass is 35.5. The average molecular weight is 592 g/mol. The second-order valence-electron chi connectivity index (χ2n) is 9.32. The summed E-state index contributed by atoms with van der Waals surface area (Å²) in [7, 11) is 0. The van der Waals surface area contributed by atoms with Crippen LogP contribution in [0.1, 0.15) is 30.5 Å². The maximum atomic E-state index is 13.4. The number of fused-ring (bicyclic) bond motifs is 1. The lowest BCUT2D eigenvalue weighted by atomic mass is 10.0. The van der Waals surface area contributed by atoms with Crippen LogP contribution in [0.15, 0.2) is 83.8 Å². The van der Waals surface area contributed by atoms with E-state index in [9.17, 15) is 9.59 Å². The molecule has 4 aromatic carbocycles. The molecule has 0 aliphatic carbocycles. The number of rotatable bonds is 9. The number of thioether (sulfide) groups is 1. The average Bonchev–Trinajstić information content (AvgIpc) is 3.21. The first-order valence-corrected chi connectivity index (χ1v) is 14.6. The van der Waals surface area contributed by atoms with E-state index in [2.05, 4.69) is 18.7 Å². The zero-order valence-corrected chi connectivity index (χ0v) is 24.5. The Hall–Kier alpha value is -3.45. The third-order valence-electron chi connectivity index (χ3n) is 6.89. The van der Waals surface area contributed by atoms with Crippen LogP contribution in [0.3, 0.4) is 0 Å². The van der Waals surface area contributed by atoms with Gasteiger partial charge in [0.15, 0.2) is 0 Å². The summed E-state index contributed by atoms with van der Waals surface area (Å²) in [4.78, 5) is 30.3. The molecule has 1 aliphatic heterocycles. The highest BCUT2D eigenvalue weighted by Gasteiger charge is 2.35. The maximum absolute atomic E-state index is 13.4. The van der Waals surface area contributed by atoms with Crippen molar-refractivity contribution in [2.45, 2.75) is 27.0 Å². The summed E-state index contributed by atoms with van der Waals surface area (Å²) >= 11 is 13.4. The van der Waals surface area contributed by atoms with Crippen LogP contribution in [-0.2, 0) is 17.9 Å². The van der Waals surface area contributed by atoms with E-state index in [1.807, 2.05) is 66.7 Å². The number of halogens is 2. The topological polar surface area (TPSA) is 49.9 Å². The van der Waals surface area contributed by atoms with Gasteiger partial charge in [0.25, 0.3) is 11.1 Å². The summed E-state index contributed by atoms with van der Waals surface area (Å²) in [6, 6.07) is 25.0. The van der Waals surface area contributed by atoms with Crippen LogP contribution in [0.5, 0.6) is 5.75 Å². The van der Waals surface area contributed by atoms with E-state index in [0.717, 1.165) is 52.4 Å². The Morgan fingerprint density at radius 1 is 0.900 bits per heavy atom. The van der Waals surface area contributed by atoms with Gasteiger partial charge in [-0.05, 0) is 72.3 Å². The zero-order valence-electron chi connectivity index (χ0n) is 22.2. The molecule has 0 aromatic heterocycles. The summed E-state index contributed by atoms with van der Waals surface area (Å²) in [6.07, 6.45) is 1.73. The monoisotopic (exact) mass is 590 g/mol. The van der Waals surface area contributed by atoms with Crippen molar-refractivity contribution in [3.63, 3.8) is 0 Å². The lowest BCUT2D eigenvalue weighted by Crippen LogP contribution is -2.27. The van der Waals surface area contributed by atoms with Crippen LogP contribution >= 0.6 is 35.0 Å². The highest BCUT2D eigenvalue weighted by molar-refractivity contribution is 8.18. The van der Waals surface area contributed by atoms with Gasteiger partial charge in [-0.1, -0.05) is 71.7 Å². The Morgan fingerprint density at radius 3 is 2.45 bits per heavy atom. The molecule has 0 N–H and O–H groups in total. The summed E-state index contributed by atoms with van der Waals surface area (Å²) in [5.74, 6) is 0.277. The molecule has 5 nitrogen and oxygen atoms in total. The van der Waals surface area contributed by atoms with E-state index in [4.69, 9.17) is 27.9 Å². The Kier molecular flexibility index (Phi) is 8.69. The third-order valence-corrected chi connectivity index (χ3v) is 8.39. The zero-order chi connectivity index (χ0) is 28.2. The minimum Gasteiger partial charge on any atom is -0.488 e. The van der Waals surface area contributed by atoms with E-state index in [1.54, 1.807) is 18.2 Å². The summed E-state index contributed by atoms with van der Waals surface area (Å²) in [6.45, 7) is 6.30. The van der Waals surface area contributed by atoms with Gasteiger partial charge in [0.2, 0.25) is 0 Å². The molecule has 8 heteroatoms. The molecular formula is C32H28Cl2N2O3S. The van der Waals surface area contributed by atoms with Crippen LogP contribution in [0, 0.1) is 0 Å². The minimum absolute atomic E-state index is 0.211. The van der Waals surface area contributed by atoms with Crippen molar-refractivity contribution in [1.82, 2.24) is 4.90 Å². The first kappa shape index (κ1) is 28.1. The fourth-order valence-electron chi connectivity index (χ4n) is 4.73. The van der Waals surface area contributed by atoms with Gasteiger partial charge in [-0.15, -0.1) is 0 Å². The standard InChI is InChI=1S/C32H28Cl2N2O3S/c1-3-35(4-2)26-15-13-22(29(18-26)39-20-24-12-14-25(33)17-28(24)34)16-30-31(37)36(32(38)40-30)19-23-10-7-9-21-8-5-6-11-27(21)23/h5-18H,3-4,19-20H2,1-2H3/b30-16-. The van der Waals surface area contributed by atoms with Gasteiger partial charge in [-0.25, -0.2) is 0 Å². The van der Waals surface area contributed by atoms with Crippen LogP contribution < -0.4 is 9.64 Å². The molecule has 0 saturated carbocycles. The lowest BCUT2D eigenvalue weighted by molar-refractivity contribution is -0.123. The summed E-state index contributed by atoms with van der Waals surface area (Å²) in [5, 5.41) is 2.87. The maximum Gasteiger partial charge on any atom is 0.293 e. The molecule has 1 heterocycles. The number of hydrogen-bond acceptors (Lipinski definition) is 5. The van der Waals surface area contributed by atoms with Crippen LogP contribution in [0.25, 0.3) is 16.8 Å². The normalized spacial score (nSPS) is 14.4. The van der Waals surface area contributed by atoms with Gasteiger partial charge in [-0.3, -0.25) is 14.5 Å². The Morgan fingerprint density at radius 2 is 1.68 bits per heavy atom. The van der Waals surface area contributed by atoms with Gasteiger partial charge in [0, 0.05) is 46.0 Å². The quantitative estimate of drug-likeness (QED) is 0.182. The van der Waals surface area contributed by atoms with Crippen LogP contribution in [-0.4, -0.2) is 29.1 Å². The second kappa shape index (κ2) is 12.4. The summed E-state index contributed by atoms with van der Waals surface area (Å²) in [5.41, 5.74) is 3.43. The molecule has 0 radical (unpaired) electrons. The van der Waals surface area contributed by atoms with Crippen molar-refractivity contribution in [3.8, 4) is 5.75 Å². The van der Waals surface area contributed by atoms with Crippen molar-refractivity contribution in [1.29, 1.82) is 0 Å². The van der Waals surface area contributed by atoms with Crippen molar-refractivity contribution < 1.29 is 14.3 Å². The molecule has 1 saturated heterocycles. The third kappa shape index (κ3) is 5.99. The SMILES string of the molecule is CCN(CC)c1ccc(/C=C2\SC(=O)N(Cc3cccc4ccccc34)C2=O)c(OCc2ccc(Cl)cc2Cl)c1. The molecule has 204 valence electrons. The van der Waals surface area contributed by atoms with Gasteiger partial charge in [-0.2, -0.15) is 0 Å². The van der Waals surface area contributed by atoms with Crippen LogP contribution in [0.4, 0.5) is 10.5 Å². The molecule has 1 fully saturated rings. The fourth-order valence-corrected chi connectivity index (χ4v) is 6.02. The van der Waals surface area contributed by atoms with E-state index < -0.39 is 0 Å². The lowest BCUT2D eigenvalue weighted by Gasteiger charge is -2.22. The molecule has 0 spiro atoms. The largest absolute Gasteiger partial charge is 0.488 e. The minimum atomic E-state index is -0.317. The number of amides is 2. The van der Waals surface area contributed by atoms with Crippen molar-refractivity contribution >= 4 is 68.6 Å². The second-order valence-corrected chi connectivity index (χ2v) is 11.2. The van der Waals surface area contributed by atoms with Crippen molar-refractivity contribution in [3.05, 3.63) is 111 Å². The fraction of sp³-hybridized carbons (Fsp3) is 0.188. The van der Waals surface area contributed by atoms with E-state index >= 15 is 0 Å². The van der Waals surface area contributed by atoms with Crippen molar-refractivity contribution in [2.24, 2.45) is 0 Å². The van der Waals surface area contributed by atoms with E-state index in [1.165, 1.54) is 4.90 Å².